The van der Waals surface area contributed by atoms with Crippen molar-refractivity contribution in [2.75, 3.05) is 38.4 Å². The summed E-state index contributed by atoms with van der Waals surface area (Å²) in [5.41, 5.74) is 0. The summed E-state index contributed by atoms with van der Waals surface area (Å²) in [5.74, 6) is 1.40. The zero-order valence-electron chi connectivity index (χ0n) is 11.4. The number of halogens is 2. The Labute approximate surface area is 125 Å². The summed E-state index contributed by atoms with van der Waals surface area (Å²) < 4.78 is 23.0. The van der Waals surface area contributed by atoms with Gasteiger partial charge in [-0.25, -0.2) is 9.34 Å². The van der Waals surface area contributed by atoms with Gasteiger partial charge in [0.05, 0.1) is 6.10 Å². The van der Waals surface area contributed by atoms with Crippen LogP contribution in [0.5, 0.6) is 0 Å². The van der Waals surface area contributed by atoms with Crippen molar-refractivity contribution in [2.24, 2.45) is 5.92 Å². The molecule has 0 radical (unpaired) electrons. The van der Waals surface area contributed by atoms with E-state index in [1.54, 1.807) is 0 Å². The molecule has 3 atom stereocenters. The lowest BCUT2D eigenvalue weighted by Gasteiger charge is -2.47. The molecular weight excluding hydrogens is 306 g/mol. The molecule has 2 rings (SSSR count). The van der Waals surface area contributed by atoms with Crippen LogP contribution in [0.25, 0.3) is 0 Å². The number of fused-ring (bicyclic) bond motifs is 1. The quantitative estimate of drug-likeness (QED) is 0.572. The van der Waals surface area contributed by atoms with Crippen molar-refractivity contribution in [3.63, 3.8) is 0 Å². The fraction of sp³-hybridized carbons (Fsp3) is 1.00. The van der Waals surface area contributed by atoms with E-state index in [2.05, 4.69) is 0 Å². The Bertz CT molecular complexity index is 340. The predicted molar refractivity (Wildman–Crippen MR) is 80.1 cm³/mol. The van der Waals surface area contributed by atoms with E-state index in [-0.39, 0.29) is 6.10 Å². The van der Waals surface area contributed by atoms with Gasteiger partial charge >= 0.3 is 7.67 Å². The summed E-state index contributed by atoms with van der Waals surface area (Å²) in [6, 6.07) is 0. The second kappa shape index (κ2) is 7.11. The zero-order valence-corrected chi connectivity index (χ0v) is 13.8. The molecule has 112 valence electrons. The minimum Gasteiger partial charge on any atom is -0.302 e. The highest BCUT2D eigenvalue weighted by atomic mass is 35.5. The van der Waals surface area contributed by atoms with Crippen molar-refractivity contribution in [3.8, 4) is 0 Å². The van der Waals surface area contributed by atoms with Crippen LogP contribution in [0.1, 0.15) is 25.7 Å². The normalized spacial score (nSPS) is 36.4. The van der Waals surface area contributed by atoms with Crippen LogP contribution in [0.15, 0.2) is 0 Å². The van der Waals surface area contributed by atoms with E-state index in [4.69, 9.17) is 27.7 Å². The number of rotatable bonds is 5. The van der Waals surface area contributed by atoms with Crippen molar-refractivity contribution < 1.29 is 9.09 Å². The first-order chi connectivity index (χ1) is 9.11. The van der Waals surface area contributed by atoms with Crippen molar-refractivity contribution in [3.05, 3.63) is 0 Å². The summed E-state index contributed by atoms with van der Waals surface area (Å²) in [5, 5.41) is 0. The standard InChI is InChI=1S/C12H23Cl2N2O2P/c1-15-10-11-4-2-3-5-12(11)18-19(15,17)16(8-6-13)9-7-14/h11-12H,2-10H2,1H3. The molecule has 2 fully saturated rings. The third-order valence-corrected chi connectivity index (χ3v) is 7.11. The van der Waals surface area contributed by atoms with Crippen molar-refractivity contribution >= 4 is 30.9 Å². The molecule has 0 amide bonds. The van der Waals surface area contributed by atoms with Crippen LogP contribution in [0.2, 0.25) is 0 Å². The second-order valence-electron chi connectivity index (χ2n) is 5.35. The highest BCUT2D eigenvalue weighted by Crippen LogP contribution is 2.59. The van der Waals surface area contributed by atoms with Crippen LogP contribution in [-0.4, -0.2) is 53.9 Å². The van der Waals surface area contributed by atoms with E-state index < -0.39 is 7.67 Å². The van der Waals surface area contributed by atoms with Crippen molar-refractivity contribution in [1.82, 2.24) is 9.34 Å². The molecule has 4 nitrogen and oxygen atoms in total. The van der Waals surface area contributed by atoms with Gasteiger partial charge in [0.1, 0.15) is 0 Å². The van der Waals surface area contributed by atoms with Crippen LogP contribution < -0.4 is 0 Å². The summed E-state index contributed by atoms with van der Waals surface area (Å²) in [7, 11) is -1.05. The molecule has 1 saturated heterocycles. The van der Waals surface area contributed by atoms with E-state index in [1.807, 2.05) is 16.4 Å². The molecule has 1 saturated carbocycles. The maximum absolute atomic E-state index is 13.2. The van der Waals surface area contributed by atoms with Crippen molar-refractivity contribution in [2.45, 2.75) is 31.8 Å². The Hall–Kier alpha value is 0.690. The molecule has 1 heterocycles. The SMILES string of the molecule is CN1CC2CCCCC2OP1(=O)N(CCCl)CCCl. The molecule has 0 bridgehead atoms. The minimum atomic E-state index is -2.94. The lowest BCUT2D eigenvalue weighted by atomic mass is 9.86. The Morgan fingerprint density at radius 1 is 1.26 bits per heavy atom. The highest BCUT2D eigenvalue weighted by molar-refractivity contribution is 7.54. The van der Waals surface area contributed by atoms with Gasteiger partial charge in [-0.3, -0.25) is 4.57 Å². The van der Waals surface area contributed by atoms with Crippen LogP contribution in [0, 0.1) is 5.92 Å². The molecule has 19 heavy (non-hydrogen) atoms. The molecule has 0 aromatic carbocycles. The number of hydrogen-bond acceptors (Lipinski definition) is 2. The summed E-state index contributed by atoms with van der Waals surface area (Å²) in [4.78, 5) is 0. The molecular formula is C12H23Cl2N2O2P. The lowest BCUT2D eigenvalue weighted by molar-refractivity contribution is 0.0304. The van der Waals surface area contributed by atoms with Gasteiger partial charge in [0.25, 0.3) is 0 Å². The Balaban J connectivity index is 2.13. The van der Waals surface area contributed by atoms with E-state index in [9.17, 15) is 4.57 Å². The van der Waals surface area contributed by atoms with Gasteiger partial charge in [-0.1, -0.05) is 12.8 Å². The van der Waals surface area contributed by atoms with Gasteiger partial charge in [0.2, 0.25) is 0 Å². The van der Waals surface area contributed by atoms with Gasteiger partial charge in [-0.2, -0.15) is 0 Å². The maximum Gasteiger partial charge on any atom is 0.346 e. The average molecular weight is 329 g/mol. The van der Waals surface area contributed by atoms with E-state index in [1.165, 1.54) is 19.3 Å². The van der Waals surface area contributed by atoms with Gasteiger partial charge in [0, 0.05) is 31.4 Å². The van der Waals surface area contributed by atoms with Crippen LogP contribution >= 0.6 is 30.9 Å². The molecule has 2 aliphatic rings. The molecule has 0 N–H and O–H groups in total. The third-order valence-electron chi connectivity index (χ3n) is 4.08. The van der Waals surface area contributed by atoms with E-state index in [0.29, 0.717) is 30.8 Å². The monoisotopic (exact) mass is 328 g/mol. The van der Waals surface area contributed by atoms with Crippen LogP contribution in [-0.2, 0) is 9.09 Å². The summed E-state index contributed by atoms with van der Waals surface area (Å²) in [6.45, 7) is 1.95. The topological polar surface area (TPSA) is 32.8 Å². The van der Waals surface area contributed by atoms with Gasteiger partial charge in [-0.15, -0.1) is 23.2 Å². The minimum absolute atomic E-state index is 0.143. The summed E-state index contributed by atoms with van der Waals surface area (Å²) in [6.07, 6.45) is 4.79. The Morgan fingerprint density at radius 3 is 2.53 bits per heavy atom. The first-order valence-electron chi connectivity index (χ1n) is 6.99. The first kappa shape index (κ1) is 16.1. The van der Waals surface area contributed by atoms with Crippen molar-refractivity contribution in [1.29, 1.82) is 0 Å². The van der Waals surface area contributed by atoms with E-state index in [0.717, 1.165) is 13.0 Å². The average Bonchev–Trinajstić information content (AvgIpc) is 2.40. The molecule has 1 aliphatic carbocycles. The lowest BCUT2D eigenvalue weighted by Crippen LogP contribution is -2.46. The van der Waals surface area contributed by atoms with Gasteiger partial charge in [0.15, 0.2) is 0 Å². The van der Waals surface area contributed by atoms with Gasteiger partial charge < -0.3 is 4.52 Å². The summed E-state index contributed by atoms with van der Waals surface area (Å²) >= 11 is 11.6. The number of alkyl halides is 2. The largest absolute Gasteiger partial charge is 0.346 e. The molecule has 0 aromatic heterocycles. The maximum atomic E-state index is 13.2. The number of nitrogens with zero attached hydrogens (tertiary/aromatic N) is 2. The number of hydrogen-bond donors (Lipinski definition) is 0. The zero-order chi connectivity index (χ0) is 13.9. The van der Waals surface area contributed by atoms with E-state index >= 15 is 0 Å². The Kier molecular flexibility index (Phi) is 6.01. The first-order valence-corrected chi connectivity index (χ1v) is 9.59. The molecule has 7 heteroatoms. The fourth-order valence-electron chi connectivity index (χ4n) is 3.06. The molecule has 3 unspecified atom stereocenters. The third kappa shape index (κ3) is 3.48. The predicted octanol–water partition coefficient (Wildman–Crippen LogP) is 3.39. The Morgan fingerprint density at radius 2 is 1.89 bits per heavy atom. The molecule has 0 aromatic rings. The fourth-order valence-corrected chi connectivity index (χ4v) is 6.18. The molecule has 0 spiro atoms. The molecule has 1 aliphatic heterocycles. The second-order valence-corrected chi connectivity index (χ2v) is 8.55. The highest BCUT2D eigenvalue weighted by Gasteiger charge is 2.46. The van der Waals surface area contributed by atoms with Gasteiger partial charge in [-0.05, 0) is 25.8 Å². The van der Waals surface area contributed by atoms with Crippen LogP contribution in [0.4, 0.5) is 0 Å². The smallest absolute Gasteiger partial charge is 0.302 e. The van der Waals surface area contributed by atoms with Crippen LogP contribution in [0.3, 0.4) is 0 Å².